The molecule has 0 radical (unpaired) electrons. The van der Waals surface area contributed by atoms with E-state index in [1.807, 2.05) is 0 Å². The van der Waals surface area contributed by atoms with E-state index < -0.39 is 0 Å². The van der Waals surface area contributed by atoms with Crippen molar-refractivity contribution in [1.29, 1.82) is 0 Å². The molecule has 0 spiro atoms. The second-order valence-electron chi connectivity index (χ2n) is 3.09. The average Bonchev–Trinajstić information content (AvgIpc) is 2.47. The van der Waals surface area contributed by atoms with E-state index in [0.29, 0.717) is 19.1 Å². The average molecular weight is 159 g/mol. The fraction of sp³-hybridized carbons (Fsp3) is 1.00. The van der Waals surface area contributed by atoms with Crippen molar-refractivity contribution >= 4 is 0 Å². The molecule has 3 heteroatoms. The summed E-state index contributed by atoms with van der Waals surface area (Å²) >= 11 is 0. The first kappa shape index (κ1) is 8.97. The molecule has 1 aliphatic heterocycles. The fourth-order valence-electron chi connectivity index (χ4n) is 1.67. The second kappa shape index (κ2) is 3.52. The van der Waals surface area contributed by atoms with E-state index in [4.69, 9.17) is 15.2 Å². The first-order valence-corrected chi connectivity index (χ1v) is 4.12. The molecule has 0 bridgehead atoms. The Labute approximate surface area is 67.9 Å². The van der Waals surface area contributed by atoms with Crippen LogP contribution in [0.5, 0.6) is 0 Å². The van der Waals surface area contributed by atoms with Crippen LogP contribution >= 0.6 is 0 Å². The van der Waals surface area contributed by atoms with Crippen molar-refractivity contribution in [3.63, 3.8) is 0 Å². The predicted molar refractivity (Wildman–Crippen MR) is 43.4 cm³/mol. The van der Waals surface area contributed by atoms with Crippen molar-refractivity contribution in [3.8, 4) is 0 Å². The van der Waals surface area contributed by atoms with Crippen LogP contribution in [0.1, 0.15) is 13.3 Å². The third kappa shape index (κ3) is 1.41. The molecule has 2 atom stereocenters. The van der Waals surface area contributed by atoms with Gasteiger partial charge in [0.05, 0.1) is 13.2 Å². The molecular formula is C8H17NO2. The topological polar surface area (TPSA) is 44.5 Å². The van der Waals surface area contributed by atoms with Crippen LogP contribution in [0, 0.1) is 5.92 Å². The highest BCUT2D eigenvalue weighted by molar-refractivity contribution is 4.92. The SMILES string of the molecule is CCC1COCC1(CN)OC. The zero-order valence-corrected chi connectivity index (χ0v) is 7.30. The van der Waals surface area contributed by atoms with Gasteiger partial charge in [-0.15, -0.1) is 0 Å². The van der Waals surface area contributed by atoms with Gasteiger partial charge in [-0.25, -0.2) is 0 Å². The fourth-order valence-corrected chi connectivity index (χ4v) is 1.67. The van der Waals surface area contributed by atoms with Crippen LogP contribution in [0.15, 0.2) is 0 Å². The number of rotatable bonds is 3. The molecule has 1 fully saturated rings. The summed E-state index contributed by atoms with van der Waals surface area (Å²) in [6.45, 7) is 4.14. The molecule has 0 aromatic carbocycles. The summed E-state index contributed by atoms with van der Waals surface area (Å²) in [5.74, 6) is 0.470. The summed E-state index contributed by atoms with van der Waals surface area (Å²) in [5, 5.41) is 0. The molecule has 0 saturated carbocycles. The molecule has 0 aromatic rings. The molecule has 1 saturated heterocycles. The monoisotopic (exact) mass is 159 g/mol. The molecule has 66 valence electrons. The van der Waals surface area contributed by atoms with E-state index in [2.05, 4.69) is 6.92 Å². The lowest BCUT2D eigenvalue weighted by molar-refractivity contribution is -0.0342. The third-order valence-electron chi connectivity index (χ3n) is 2.65. The van der Waals surface area contributed by atoms with Crippen molar-refractivity contribution in [2.75, 3.05) is 26.9 Å². The quantitative estimate of drug-likeness (QED) is 0.647. The minimum absolute atomic E-state index is 0.200. The third-order valence-corrected chi connectivity index (χ3v) is 2.65. The van der Waals surface area contributed by atoms with Crippen molar-refractivity contribution < 1.29 is 9.47 Å². The predicted octanol–water partition coefficient (Wildman–Crippen LogP) is 0.387. The molecule has 1 heterocycles. The van der Waals surface area contributed by atoms with Crippen LogP contribution in [0.3, 0.4) is 0 Å². The van der Waals surface area contributed by atoms with Crippen LogP contribution in [0.4, 0.5) is 0 Å². The highest BCUT2D eigenvalue weighted by Gasteiger charge is 2.42. The van der Waals surface area contributed by atoms with Crippen LogP contribution in [0.2, 0.25) is 0 Å². The highest BCUT2D eigenvalue weighted by Crippen LogP contribution is 2.30. The standard InChI is InChI=1S/C8H17NO2/c1-3-7-4-11-6-8(7,5-9)10-2/h7H,3-6,9H2,1-2H3. The van der Waals surface area contributed by atoms with E-state index in [0.717, 1.165) is 13.0 Å². The lowest BCUT2D eigenvalue weighted by atomic mass is 9.89. The maximum atomic E-state index is 5.64. The van der Waals surface area contributed by atoms with Gasteiger partial charge in [0.1, 0.15) is 5.60 Å². The Morgan fingerprint density at radius 1 is 1.73 bits per heavy atom. The summed E-state index contributed by atoms with van der Waals surface area (Å²) < 4.78 is 10.7. The summed E-state index contributed by atoms with van der Waals surface area (Å²) in [6, 6.07) is 0. The van der Waals surface area contributed by atoms with Crippen LogP contribution in [-0.2, 0) is 9.47 Å². The molecule has 0 aliphatic carbocycles. The number of hydrogen-bond acceptors (Lipinski definition) is 3. The van der Waals surface area contributed by atoms with E-state index in [1.54, 1.807) is 7.11 Å². The lowest BCUT2D eigenvalue weighted by Crippen LogP contribution is -2.46. The normalized spacial score (nSPS) is 37.9. The van der Waals surface area contributed by atoms with Gasteiger partial charge in [0.15, 0.2) is 0 Å². The van der Waals surface area contributed by atoms with Crippen molar-refractivity contribution in [2.45, 2.75) is 18.9 Å². The van der Waals surface area contributed by atoms with Crippen LogP contribution in [-0.4, -0.2) is 32.5 Å². The highest BCUT2D eigenvalue weighted by atomic mass is 16.6. The largest absolute Gasteiger partial charge is 0.378 e. The summed E-state index contributed by atoms with van der Waals surface area (Å²) in [7, 11) is 1.71. The number of nitrogens with two attached hydrogens (primary N) is 1. The van der Waals surface area contributed by atoms with Crippen molar-refractivity contribution in [1.82, 2.24) is 0 Å². The van der Waals surface area contributed by atoms with Gasteiger partial charge in [-0.05, 0) is 6.42 Å². The van der Waals surface area contributed by atoms with Crippen molar-refractivity contribution in [2.24, 2.45) is 11.7 Å². The maximum Gasteiger partial charge on any atom is 0.108 e. The first-order valence-electron chi connectivity index (χ1n) is 4.12. The maximum absolute atomic E-state index is 5.64. The van der Waals surface area contributed by atoms with Gasteiger partial charge in [0, 0.05) is 19.6 Å². The van der Waals surface area contributed by atoms with Crippen LogP contribution < -0.4 is 5.73 Å². The number of methoxy groups -OCH3 is 1. The van der Waals surface area contributed by atoms with Crippen molar-refractivity contribution in [3.05, 3.63) is 0 Å². The minimum Gasteiger partial charge on any atom is -0.378 e. The Balaban J connectivity index is 2.63. The van der Waals surface area contributed by atoms with E-state index >= 15 is 0 Å². The Morgan fingerprint density at radius 3 is 2.82 bits per heavy atom. The smallest absolute Gasteiger partial charge is 0.108 e. The summed E-state index contributed by atoms with van der Waals surface area (Å²) in [6.07, 6.45) is 1.07. The molecule has 2 N–H and O–H groups in total. The summed E-state index contributed by atoms with van der Waals surface area (Å²) in [4.78, 5) is 0. The molecule has 0 aromatic heterocycles. The number of hydrogen-bond donors (Lipinski definition) is 1. The second-order valence-corrected chi connectivity index (χ2v) is 3.09. The molecule has 0 amide bonds. The molecule has 11 heavy (non-hydrogen) atoms. The zero-order valence-electron chi connectivity index (χ0n) is 7.30. The Hall–Kier alpha value is -0.120. The zero-order chi connectivity index (χ0) is 8.32. The Morgan fingerprint density at radius 2 is 2.45 bits per heavy atom. The molecule has 3 nitrogen and oxygen atoms in total. The Bertz CT molecular complexity index is 123. The van der Waals surface area contributed by atoms with Gasteiger partial charge in [0.2, 0.25) is 0 Å². The molecule has 1 aliphatic rings. The van der Waals surface area contributed by atoms with Gasteiger partial charge in [-0.3, -0.25) is 0 Å². The molecule has 2 unspecified atom stereocenters. The molecular weight excluding hydrogens is 142 g/mol. The lowest BCUT2D eigenvalue weighted by Gasteiger charge is -2.30. The van der Waals surface area contributed by atoms with Gasteiger partial charge in [-0.2, -0.15) is 0 Å². The van der Waals surface area contributed by atoms with E-state index in [9.17, 15) is 0 Å². The van der Waals surface area contributed by atoms with Gasteiger partial charge < -0.3 is 15.2 Å². The molecule has 1 rings (SSSR count). The van der Waals surface area contributed by atoms with Gasteiger partial charge in [-0.1, -0.05) is 6.92 Å². The van der Waals surface area contributed by atoms with E-state index in [1.165, 1.54) is 0 Å². The summed E-state index contributed by atoms with van der Waals surface area (Å²) in [5.41, 5.74) is 5.44. The van der Waals surface area contributed by atoms with Gasteiger partial charge in [0.25, 0.3) is 0 Å². The first-order chi connectivity index (χ1) is 5.29. The Kier molecular flexibility index (Phi) is 2.87. The van der Waals surface area contributed by atoms with E-state index in [-0.39, 0.29) is 5.60 Å². The number of ether oxygens (including phenoxy) is 2. The minimum atomic E-state index is -0.200. The van der Waals surface area contributed by atoms with Gasteiger partial charge >= 0.3 is 0 Å². The van der Waals surface area contributed by atoms with Crippen LogP contribution in [0.25, 0.3) is 0 Å².